The fraction of sp³-hybridized carbons (Fsp3) is 0.400. The summed E-state index contributed by atoms with van der Waals surface area (Å²) < 4.78 is 0. The Hall–Kier alpha value is -1.58. The van der Waals surface area contributed by atoms with Gasteiger partial charge in [0.1, 0.15) is 11.5 Å². The maximum absolute atomic E-state index is 10.8. The maximum atomic E-state index is 10.8. The third-order valence-corrected chi connectivity index (χ3v) is 2.01. The Balaban J connectivity index is 2.78. The topological polar surface area (TPSA) is 68.0 Å². The SMILES string of the molecule is CCC(C)Nc1cccc(C(N)=O)n1. The summed E-state index contributed by atoms with van der Waals surface area (Å²) in [5.74, 6) is 0.188. The first-order chi connectivity index (χ1) is 6.63. The number of hydrogen-bond acceptors (Lipinski definition) is 3. The molecule has 0 aliphatic heterocycles. The Morgan fingerprint density at radius 1 is 1.64 bits per heavy atom. The summed E-state index contributed by atoms with van der Waals surface area (Å²) in [5, 5.41) is 3.17. The van der Waals surface area contributed by atoms with Crippen LogP contribution in [0.2, 0.25) is 0 Å². The number of primary amides is 1. The zero-order valence-electron chi connectivity index (χ0n) is 8.45. The first-order valence-corrected chi connectivity index (χ1v) is 4.67. The van der Waals surface area contributed by atoms with E-state index in [-0.39, 0.29) is 0 Å². The van der Waals surface area contributed by atoms with Gasteiger partial charge in [-0.2, -0.15) is 0 Å². The molecule has 0 aliphatic rings. The third kappa shape index (κ3) is 2.73. The monoisotopic (exact) mass is 193 g/mol. The largest absolute Gasteiger partial charge is 0.368 e. The molecule has 0 aromatic carbocycles. The van der Waals surface area contributed by atoms with E-state index in [4.69, 9.17) is 5.73 Å². The summed E-state index contributed by atoms with van der Waals surface area (Å²) in [6, 6.07) is 5.52. The molecule has 0 bridgehead atoms. The van der Waals surface area contributed by atoms with Crippen LogP contribution in [0.15, 0.2) is 18.2 Å². The average molecular weight is 193 g/mol. The van der Waals surface area contributed by atoms with E-state index in [0.717, 1.165) is 6.42 Å². The molecule has 1 amide bonds. The molecule has 3 N–H and O–H groups in total. The fourth-order valence-electron chi connectivity index (χ4n) is 1.01. The summed E-state index contributed by atoms with van der Waals surface area (Å²) in [7, 11) is 0. The molecule has 1 rings (SSSR count). The summed E-state index contributed by atoms with van der Waals surface area (Å²) in [5.41, 5.74) is 5.41. The Labute approximate surface area is 83.5 Å². The highest BCUT2D eigenvalue weighted by Gasteiger charge is 2.04. The molecule has 1 aromatic rings. The maximum Gasteiger partial charge on any atom is 0.267 e. The van der Waals surface area contributed by atoms with Crippen LogP contribution in [0.1, 0.15) is 30.8 Å². The smallest absolute Gasteiger partial charge is 0.267 e. The van der Waals surface area contributed by atoms with E-state index in [1.54, 1.807) is 12.1 Å². The number of aromatic nitrogens is 1. The van der Waals surface area contributed by atoms with Crippen molar-refractivity contribution in [2.24, 2.45) is 5.73 Å². The summed E-state index contributed by atoms with van der Waals surface area (Å²) in [6.45, 7) is 4.13. The Morgan fingerprint density at radius 3 is 2.93 bits per heavy atom. The minimum Gasteiger partial charge on any atom is -0.368 e. The molecule has 0 radical (unpaired) electrons. The zero-order valence-corrected chi connectivity index (χ0v) is 8.45. The first-order valence-electron chi connectivity index (χ1n) is 4.67. The summed E-state index contributed by atoms with van der Waals surface area (Å²) in [4.78, 5) is 14.9. The van der Waals surface area contributed by atoms with Crippen LogP contribution >= 0.6 is 0 Å². The molecule has 0 saturated heterocycles. The fourth-order valence-corrected chi connectivity index (χ4v) is 1.01. The normalized spacial score (nSPS) is 12.1. The van der Waals surface area contributed by atoms with Crippen LogP contribution in [-0.2, 0) is 0 Å². The van der Waals surface area contributed by atoms with Gasteiger partial charge in [0.25, 0.3) is 5.91 Å². The average Bonchev–Trinajstić information content (AvgIpc) is 2.18. The number of anilines is 1. The number of carbonyl (C=O) groups excluding carboxylic acids is 1. The second kappa shape index (κ2) is 4.60. The van der Waals surface area contributed by atoms with Crippen LogP contribution < -0.4 is 11.1 Å². The van der Waals surface area contributed by atoms with Gasteiger partial charge in [-0.1, -0.05) is 13.0 Å². The highest BCUT2D eigenvalue weighted by molar-refractivity contribution is 5.91. The van der Waals surface area contributed by atoms with Gasteiger partial charge in [0.15, 0.2) is 0 Å². The lowest BCUT2D eigenvalue weighted by Gasteiger charge is -2.11. The van der Waals surface area contributed by atoms with Gasteiger partial charge in [-0.15, -0.1) is 0 Å². The predicted molar refractivity (Wildman–Crippen MR) is 56.1 cm³/mol. The molecule has 0 fully saturated rings. The van der Waals surface area contributed by atoms with Gasteiger partial charge in [0, 0.05) is 6.04 Å². The molecule has 76 valence electrons. The van der Waals surface area contributed by atoms with Crippen LogP contribution in [-0.4, -0.2) is 16.9 Å². The Bertz CT molecular complexity index is 325. The third-order valence-electron chi connectivity index (χ3n) is 2.01. The van der Waals surface area contributed by atoms with Crippen molar-refractivity contribution in [2.75, 3.05) is 5.32 Å². The van der Waals surface area contributed by atoms with Gasteiger partial charge in [0.2, 0.25) is 0 Å². The van der Waals surface area contributed by atoms with Crippen LogP contribution in [0.25, 0.3) is 0 Å². The molecular formula is C10H15N3O. The van der Waals surface area contributed by atoms with Gasteiger partial charge < -0.3 is 11.1 Å². The highest BCUT2D eigenvalue weighted by Crippen LogP contribution is 2.07. The minimum atomic E-state index is -0.502. The van der Waals surface area contributed by atoms with Crippen molar-refractivity contribution in [2.45, 2.75) is 26.3 Å². The van der Waals surface area contributed by atoms with E-state index < -0.39 is 5.91 Å². The lowest BCUT2D eigenvalue weighted by molar-refractivity contribution is 0.0995. The lowest BCUT2D eigenvalue weighted by Crippen LogP contribution is -2.17. The van der Waals surface area contributed by atoms with Crippen molar-refractivity contribution in [1.82, 2.24) is 4.98 Å². The Kier molecular flexibility index (Phi) is 3.45. The summed E-state index contributed by atoms with van der Waals surface area (Å²) >= 11 is 0. The minimum absolute atomic E-state index is 0.290. The molecular weight excluding hydrogens is 178 g/mol. The standard InChI is InChI=1S/C10H15N3O/c1-3-7(2)12-9-6-4-5-8(13-9)10(11)14/h4-7H,3H2,1-2H3,(H2,11,14)(H,12,13). The van der Waals surface area contributed by atoms with E-state index in [2.05, 4.69) is 24.1 Å². The molecule has 1 atom stereocenters. The number of nitrogens with one attached hydrogen (secondary N) is 1. The van der Waals surface area contributed by atoms with Crippen molar-refractivity contribution in [3.63, 3.8) is 0 Å². The number of rotatable bonds is 4. The van der Waals surface area contributed by atoms with Crippen molar-refractivity contribution < 1.29 is 4.79 Å². The quantitative estimate of drug-likeness (QED) is 0.759. The molecule has 0 aliphatic carbocycles. The predicted octanol–water partition coefficient (Wildman–Crippen LogP) is 1.39. The van der Waals surface area contributed by atoms with Gasteiger partial charge in [-0.05, 0) is 25.5 Å². The molecule has 1 unspecified atom stereocenters. The second-order valence-electron chi connectivity index (χ2n) is 3.23. The number of pyridine rings is 1. The van der Waals surface area contributed by atoms with E-state index in [9.17, 15) is 4.79 Å². The number of hydrogen-bond donors (Lipinski definition) is 2. The van der Waals surface area contributed by atoms with Crippen molar-refractivity contribution >= 4 is 11.7 Å². The molecule has 1 aromatic heterocycles. The van der Waals surface area contributed by atoms with Gasteiger partial charge >= 0.3 is 0 Å². The molecule has 14 heavy (non-hydrogen) atoms. The number of amides is 1. The van der Waals surface area contributed by atoms with Gasteiger partial charge in [0.05, 0.1) is 0 Å². The molecule has 1 heterocycles. The van der Waals surface area contributed by atoms with Crippen molar-refractivity contribution in [1.29, 1.82) is 0 Å². The van der Waals surface area contributed by atoms with Crippen molar-refractivity contribution in [3.05, 3.63) is 23.9 Å². The molecule has 4 heteroatoms. The highest BCUT2D eigenvalue weighted by atomic mass is 16.1. The van der Waals surface area contributed by atoms with Gasteiger partial charge in [-0.3, -0.25) is 4.79 Å². The van der Waals surface area contributed by atoms with Gasteiger partial charge in [-0.25, -0.2) is 4.98 Å². The number of nitrogens with zero attached hydrogens (tertiary/aromatic N) is 1. The number of nitrogens with two attached hydrogens (primary N) is 1. The second-order valence-corrected chi connectivity index (χ2v) is 3.23. The van der Waals surface area contributed by atoms with E-state index in [1.807, 2.05) is 6.07 Å². The number of carbonyl (C=O) groups is 1. The summed E-state index contributed by atoms with van der Waals surface area (Å²) in [6.07, 6.45) is 1.00. The molecule has 4 nitrogen and oxygen atoms in total. The van der Waals surface area contributed by atoms with Crippen LogP contribution in [0, 0.1) is 0 Å². The van der Waals surface area contributed by atoms with Crippen LogP contribution in [0.4, 0.5) is 5.82 Å². The molecule has 0 spiro atoms. The van der Waals surface area contributed by atoms with Crippen LogP contribution in [0.3, 0.4) is 0 Å². The van der Waals surface area contributed by atoms with E-state index >= 15 is 0 Å². The van der Waals surface area contributed by atoms with E-state index in [0.29, 0.717) is 17.6 Å². The lowest BCUT2D eigenvalue weighted by atomic mass is 10.2. The molecule has 0 saturated carbocycles. The Morgan fingerprint density at radius 2 is 2.36 bits per heavy atom. The first kappa shape index (κ1) is 10.5. The van der Waals surface area contributed by atoms with E-state index in [1.165, 1.54) is 0 Å². The van der Waals surface area contributed by atoms with Crippen LogP contribution in [0.5, 0.6) is 0 Å². The van der Waals surface area contributed by atoms with Crippen molar-refractivity contribution in [3.8, 4) is 0 Å². The zero-order chi connectivity index (χ0) is 10.6.